The standard InChI is InChI=1S/C16H16ClNO/c1-10-3-2-4-11(7-10)16-9-14(18)13-8-12(17)5-6-15(13)19-16/h2-8,14,16H,9,18H2,1H3. The van der Waals surface area contributed by atoms with E-state index >= 15 is 0 Å². The fourth-order valence-electron chi connectivity index (χ4n) is 2.55. The van der Waals surface area contributed by atoms with Crippen molar-refractivity contribution in [2.24, 2.45) is 5.73 Å². The maximum Gasteiger partial charge on any atom is 0.126 e. The third-order valence-corrected chi connectivity index (χ3v) is 3.76. The van der Waals surface area contributed by atoms with E-state index in [0.29, 0.717) is 5.02 Å². The lowest BCUT2D eigenvalue weighted by atomic mass is 9.93. The number of ether oxygens (including phenoxy) is 1. The van der Waals surface area contributed by atoms with Gasteiger partial charge < -0.3 is 10.5 Å². The molecule has 1 heterocycles. The molecule has 0 radical (unpaired) electrons. The SMILES string of the molecule is Cc1cccc(C2CC(N)c3cc(Cl)ccc3O2)c1. The second-order valence-corrected chi connectivity index (χ2v) is 5.48. The second kappa shape index (κ2) is 4.87. The maximum atomic E-state index is 6.24. The fraction of sp³-hybridized carbons (Fsp3) is 0.250. The number of aryl methyl sites for hydroxylation is 1. The molecule has 1 aliphatic heterocycles. The van der Waals surface area contributed by atoms with Crippen molar-refractivity contribution in [3.05, 3.63) is 64.2 Å². The minimum Gasteiger partial charge on any atom is -0.485 e. The number of nitrogens with two attached hydrogens (primary N) is 1. The van der Waals surface area contributed by atoms with Gasteiger partial charge in [0.15, 0.2) is 0 Å². The van der Waals surface area contributed by atoms with Crippen LogP contribution in [0.3, 0.4) is 0 Å². The van der Waals surface area contributed by atoms with Gasteiger partial charge in [0.05, 0.1) is 0 Å². The molecule has 0 aromatic heterocycles. The molecule has 98 valence electrons. The van der Waals surface area contributed by atoms with Crippen molar-refractivity contribution >= 4 is 11.6 Å². The fourth-order valence-corrected chi connectivity index (χ4v) is 2.73. The van der Waals surface area contributed by atoms with Gasteiger partial charge in [0.25, 0.3) is 0 Å². The van der Waals surface area contributed by atoms with Crippen LogP contribution in [0.15, 0.2) is 42.5 Å². The smallest absolute Gasteiger partial charge is 0.126 e. The van der Waals surface area contributed by atoms with Crippen molar-refractivity contribution < 1.29 is 4.74 Å². The number of hydrogen-bond acceptors (Lipinski definition) is 2. The number of fused-ring (bicyclic) bond motifs is 1. The summed E-state index contributed by atoms with van der Waals surface area (Å²) in [7, 11) is 0. The van der Waals surface area contributed by atoms with Gasteiger partial charge in [-0.2, -0.15) is 0 Å². The first-order chi connectivity index (χ1) is 9.13. The zero-order valence-electron chi connectivity index (χ0n) is 10.8. The van der Waals surface area contributed by atoms with E-state index in [4.69, 9.17) is 22.1 Å². The highest BCUT2D eigenvalue weighted by atomic mass is 35.5. The Hall–Kier alpha value is -1.51. The second-order valence-electron chi connectivity index (χ2n) is 5.04. The van der Waals surface area contributed by atoms with Crippen LogP contribution in [0.4, 0.5) is 0 Å². The van der Waals surface area contributed by atoms with E-state index in [2.05, 4.69) is 31.2 Å². The lowest BCUT2D eigenvalue weighted by Gasteiger charge is -2.30. The Labute approximate surface area is 118 Å². The summed E-state index contributed by atoms with van der Waals surface area (Å²) in [6, 6.07) is 14.0. The molecule has 2 unspecified atom stereocenters. The van der Waals surface area contributed by atoms with Crippen molar-refractivity contribution in [3.8, 4) is 5.75 Å². The van der Waals surface area contributed by atoms with E-state index in [-0.39, 0.29) is 12.1 Å². The topological polar surface area (TPSA) is 35.2 Å². The first-order valence-corrected chi connectivity index (χ1v) is 6.79. The first-order valence-electron chi connectivity index (χ1n) is 6.42. The molecule has 0 saturated carbocycles. The predicted octanol–water partition coefficient (Wildman–Crippen LogP) is 4.17. The molecule has 1 aliphatic rings. The van der Waals surface area contributed by atoms with Crippen molar-refractivity contribution in [1.29, 1.82) is 0 Å². The highest BCUT2D eigenvalue weighted by Crippen LogP contribution is 2.40. The van der Waals surface area contributed by atoms with E-state index in [1.54, 1.807) is 0 Å². The van der Waals surface area contributed by atoms with Crippen molar-refractivity contribution in [2.45, 2.75) is 25.5 Å². The van der Waals surface area contributed by atoms with E-state index in [0.717, 1.165) is 17.7 Å². The molecule has 2 N–H and O–H groups in total. The van der Waals surface area contributed by atoms with Crippen LogP contribution in [0.25, 0.3) is 0 Å². The Bertz CT molecular complexity index is 611. The molecule has 2 nitrogen and oxygen atoms in total. The third kappa shape index (κ3) is 2.46. The summed E-state index contributed by atoms with van der Waals surface area (Å²) in [6.07, 6.45) is 0.792. The Kier molecular flexibility index (Phi) is 3.21. The zero-order valence-corrected chi connectivity index (χ0v) is 11.5. The van der Waals surface area contributed by atoms with Gasteiger partial charge in [0, 0.05) is 23.0 Å². The predicted molar refractivity (Wildman–Crippen MR) is 77.5 cm³/mol. The minimum atomic E-state index is -0.0343. The van der Waals surface area contributed by atoms with Crippen LogP contribution in [-0.2, 0) is 0 Å². The average Bonchev–Trinajstić information content (AvgIpc) is 2.39. The molecule has 3 rings (SSSR count). The Morgan fingerprint density at radius 2 is 2.05 bits per heavy atom. The average molecular weight is 274 g/mol. The van der Waals surface area contributed by atoms with Crippen LogP contribution < -0.4 is 10.5 Å². The highest BCUT2D eigenvalue weighted by molar-refractivity contribution is 6.30. The molecule has 3 heteroatoms. The van der Waals surface area contributed by atoms with E-state index in [1.807, 2.05) is 18.2 Å². The molecule has 2 aromatic carbocycles. The van der Waals surface area contributed by atoms with Crippen LogP contribution in [0.5, 0.6) is 5.75 Å². The largest absolute Gasteiger partial charge is 0.485 e. The van der Waals surface area contributed by atoms with Crippen LogP contribution in [0, 0.1) is 6.92 Å². The monoisotopic (exact) mass is 273 g/mol. The van der Waals surface area contributed by atoms with Crippen LogP contribution >= 0.6 is 11.6 Å². The molecule has 0 amide bonds. The Morgan fingerprint density at radius 1 is 1.21 bits per heavy atom. The molecule has 0 fully saturated rings. The van der Waals surface area contributed by atoms with Gasteiger partial charge in [-0.05, 0) is 30.7 Å². The van der Waals surface area contributed by atoms with Gasteiger partial charge >= 0.3 is 0 Å². The summed E-state index contributed by atoms with van der Waals surface area (Å²) in [6.45, 7) is 2.08. The Morgan fingerprint density at radius 3 is 2.84 bits per heavy atom. The van der Waals surface area contributed by atoms with Crippen molar-refractivity contribution in [2.75, 3.05) is 0 Å². The van der Waals surface area contributed by atoms with Gasteiger partial charge in [0.1, 0.15) is 11.9 Å². The van der Waals surface area contributed by atoms with E-state index < -0.39 is 0 Å². The quantitative estimate of drug-likeness (QED) is 0.846. The summed E-state index contributed by atoms with van der Waals surface area (Å²) in [5.41, 5.74) is 9.65. The van der Waals surface area contributed by atoms with Gasteiger partial charge in [0.2, 0.25) is 0 Å². The summed E-state index contributed by atoms with van der Waals surface area (Å²) in [5.74, 6) is 0.842. The molecule has 2 aromatic rings. The van der Waals surface area contributed by atoms with Crippen molar-refractivity contribution in [3.63, 3.8) is 0 Å². The summed E-state index contributed by atoms with van der Waals surface area (Å²) in [4.78, 5) is 0. The molecule has 19 heavy (non-hydrogen) atoms. The number of rotatable bonds is 1. The molecule has 2 atom stereocenters. The van der Waals surface area contributed by atoms with Gasteiger partial charge in [-0.3, -0.25) is 0 Å². The molecular formula is C16H16ClNO. The highest BCUT2D eigenvalue weighted by Gasteiger charge is 2.27. The number of hydrogen-bond donors (Lipinski definition) is 1. The zero-order chi connectivity index (χ0) is 13.4. The summed E-state index contributed by atoms with van der Waals surface area (Å²) in [5, 5.41) is 0.701. The van der Waals surface area contributed by atoms with Gasteiger partial charge in [-0.1, -0.05) is 41.4 Å². The van der Waals surface area contributed by atoms with Crippen LogP contribution in [0.1, 0.15) is 35.3 Å². The number of benzene rings is 2. The lowest BCUT2D eigenvalue weighted by Crippen LogP contribution is -2.24. The van der Waals surface area contributed by atoms with Crippen LogP contribution in [0.2, 0.25) is 5.02 Å². The van der Waals surface area contributed by atoms with Crippen molar-refractivity contribution in [1.82, 2.24) is 0 Å². The third-order valence-electron chi connectivity index (χ3n) is 3.52. The number of halogens is 1. The molecular weight excluding hydrogens is 258 g/mol. The Balaban J connectivity index is 1.95. The van der Waals surface area contributed by atoms with E-state index in [1.165, 1.54) is 11.1 Å². The van der Waals surface area contributed by atoms with Crippen LogP contribution in [-0.4, -0.2) is 0 Å². The maximum absolute atomic E-state index is 6.24. The molecule has 0 spiro atoms. The normalized spacial score (nSPS) is 21.6. The first kappa shape index (κ1) is 12.5. The van der Waals surface area contributed by atoms with Gasteiger partial charge in [-0.15, -0.1) is 0 Å². The molecule has 0 saturated heterocycles. The molecule has 0 bridgehead atoms. The minimum absolute atomic E-state index is 0.0172. The molecule has 0 aliphatic carbocycles. The summed E-state index contributed by atoms with van der Waals surface area (Å²) >= 11 is 6.01. The lowest BCUT2D eigenvalue weighted by molar-refractivity contribution is 0.161. The van der Waals surface area contributed by atoms with E-state index in [9.17, 15) is 0 Å². The summed E-state index contributed by atoms with van der Waals surface area (Å²) < 4.78 is 6.06. The van der Waals surface area contributed by atoms with Gasteiger partial charge in [-0.25, -0.2) is 0 Å².